The summed E-state index contributed by atoms with van der Waals surface area (Å²) < 4.78 is 6.72. The predicted octanol–water partition coefficient (Wildman–Crippen LogP) is 3.80. The Morgan fingerprint density at radius 3 is 2.56 bits per heavy atom. The van der Waals surface area contributed by atoms with Crippen LogP contribution in [0.4, 0.5) is 0 Å². The van der Waals surface area contributed by atoms with Gasteiger partial charge >= 0.3 is 0 Å². The van der Waals surface area contributed by atoms with Crippen molar-refractivity contribution in [3.8, 4) is 0 Å². The van der Waals surface area contributed by atoms with Crippen molar-refractivity contribution in [1.29, 1.82) is 0 Å². The third kappa shape index (κ3) is 4.94. The molecule has 1 amide bonds. The molecule has 7 heteroatoms. The Morgan fingerprint density at radius 1 is 1.06 bits per heavy atom. The van der Waals surface area contributed by atoms with Gasteiger partial charge in [0, 0.05) is 30.7 Å². The Morgan fingerprint density at radius 2 is 1.84 bits per heavy atom. The Balaban J connectivity index is 1.65. The van der Waals surface area contributed by atoms with Crippen LogP contribution in [0.3, 0.4) is 0 Å². The molecule has 0 atom stereocenters. The molecule has 0 spiro atoms. The summed E-state index contributed by atoms with van der Waals surface area (Å²) in [6, 6.07) is 14.9. The first-order chi connectivity index (χ1) is 15.7. The molecule has 4 aromatic rings. The van der Waals surface area contributed by atoms with Crippen molar-refractivity contribution in [2.24, 2.45) is 0 Å². The fourth-order valence-electron chi connectivity index (χ4n) is 3.70. The standard InChI is InChI=1S/C25H26N4O3/c1-2-3-14-28(17-20-7-6-15-32-20)24(30)18-29-25(31)22-9-5-4-8-21(22)23(27-29)16-19-10-12-26-13-11-19/h4-13,15H,2-3,14,16-18H2,1H3. The Labute approximate surface area is 186 Å². The highest BCUT2D eigenvalue weighted by molar-refractivity contribution is 5.84. The summed E-state index contributed by atoms with van der Waals surface area (Å²) in [6.45, 7) is 2.94. The first-order valence-electron chi connectivity index (χ1n) is 10.8. The molecule has 0 saturated heterocycles. The van der Waals surface area contributed by atoms with E-state index in [1.165, 1.54) is 4.68 Å². The summed E-state index contributed by atoms with van der Waals surface area (Å²) in [5, 5.41) is 5.97. The van der Waals surface area contributed by atoms with Crippen molar-refractivity contribution >= 4 is 16.7 Å². The highest BCUT2D eigenvalue weighted by Gasteiger charge is 2.19. The van der Waals surface area contributed by atoms with Crippen molar-refractivity contribution < 1.29 is 9.21 Å². The average molecular weight is 431 g/mol. The second-order valence-corrected chi connectivity index (χ2v) is 7.74. The van der Waals surface area contributed by atoms with Crippen molar-refractivity contribution in [3.05, 3.63) is 94.6 Å². The molecule has 164 valence electrons. The monoisotopic (exact) mass is 430 g/mol. The van der Waals surface area contributed by atoms with E-state index in [0.717, 1.165) is 29.5 Å². The molecule has 1 aromatic carbocycles. The summed E-state index contributed by atoms with van der Waals surface area (Å²) >= 11 is 0. The van der Waals surface area contributed by atoms with Gasteiger partial charge in [0.15, 0.2) is 0 Å². The molecule has 0 aliphatic carbocycles. The topological polar surface area (TPSA) is 81.2 Å². The Kier molecular flexibility index (Phi) is 6.75. The number of rotatable bonds is 9. The minimum atomic E-state index is -0.263. The third-order valence-corrected chi connectivity index (χ3v) is 5.41. The van der Waals surface area contributed by atoms with Crippen molar-refractivity contribution in [2.75, 3.05) is 6.54 Å². The number of carbonyl (C=O) groups excluding carboxylic acids is 1. The predicted molar refractivity (Wildman–Crippen MR) is 122 cm³/mol. The lowest BCUT2D eigenvalue weighted by molar-refractivity contribution is -0.133. The molecule has 4 rings (SSSR count). The highest BCUT2D eigenvalue weighted by Crippen LogP contribution is 2.17. The summed E-state index contributed by atoms with van der Waals surface area (Å²) in [4.78, 5) is 32.1. The van der Waals surface area contributed by atoms with Crippen LogP contribution in [0.1, 0.15) is 36.8 Å². The van der Waals surface area contributed by atoms with Gasteiger partial charge in [0.2, 0.25) is 5.91 Å². The van der Waals surface area contributed by atoms with Gasteiger partial charge in [-0.1, -0.05) is 31.5 Å². The fourth-order valence-corrected chi connectivity index (χ4v) is 3.70. The van der Waals surface area contributed by atoms with Gasteiger partial charge in [-0.25, -0.2) is 4.68 Å². The SMILES string of the molecule is CCCCN(Cc1ccco1)C(=O)Cn1nc(Cc2ccncc2)c2ccccc2c1=O. The first kappa shape index (κ1) is 21.5. The smallest absolute Gasteiger partial charge is 0.275 e. The Hall–Kier alpha value is -3.74. The number of pyridine rings is 1. The largest absolute Gasteiger partial charge is 0.467 e. The first-order valence-corrected chi connectivity index (χ1v) is 10.8. The van der Waals surface area contributed by atoms with Crippen LogP contribution in [0.15, 0.2) is 76.4 Å². The number of fused-ring (bicyclic) bond motifs is 1. The van der Waals surface area contributed by atoms with Crippen molar-refractivity contribution in [2.45, 2.75) is 39.3 Å². The second kappa shape index (κ2) is 10.0. The fraction of sp³-hybridized carbons (Fsp3) is 0.280. The van der Waals surface area contributed by atoms with Crippen LogP contribution in [0, 0.1) is 0 Å². The zero-order chi connectivity index (χ0) is 22.3. The number of benzene rings is 1. The molecule has 32 heavy (non-hydrogen) atoms. The molecule has 0 aliphatic rings. The van der Waals surface area contributed by atoms with Gasteiger partial charge in [0.1, 0.15) is 12.3 Å². The zero-order valence-corrected chi connectivity index (χ0v) is 18.1. The van der Waals surface area contributed by atoms with Crippen LogP contribution in [0.25, 0.3) is 10.8 Å². The zero-order valence-electron chi connectivity index (χ0n) is 18.1. The lowest BCUT2D eigenvalue weighted by atomic mass is 10.1. The van der Waals surface area contributed by atoms with Gasteiger partial charge in [-0.15, -0.1) is 0 Å². The molecule has 0 radical (unpaired) electrons. The van der Waals surface area contributed by atoms with Crippen LogP contribution >= 0.6 is 0 Å². The highest BCUT2D eigenvalue weighted by atomic mass is 16.3. The van der Waals surface area contributed by atoms with E-state index < -0.39 is 0 Å². The summed E-state index contributed by atoms with van der Waals surface area (Å²) in [6.07, 6.45) is 7.45. The number of hydrogen-bond donors (Lipinski definition) is 0. The number of aromatic nitrogens is 3. The number of unbranched alkanes of at least 4 members (excludes halogenated alkanes) is 1. The molecule has 3 aromatic heterocycles. The van der Waals surface area contributed by atoms with E-state index >= 15 is 0 Å². The molecule has 0 N–H and O–H groups in total. The van der Waals surface area contributed by atoms with Gasteiger partial charge in [0.05, 0.1) is 23.9 Å². The number of hydrogen-bond acceptors (Lipinski definition) is 5. The minimum absolute atomic E-state index is 0.114. The van der Waals surface area contributed by atoms with Crippen LogP contribution in [0.2, 0.25) is 0 Å². The molecule has 0 fully saturated rings. The van der Waals surface area contributed by atoms with E-state index in [0.29, 0.717) is 30.7 Å². The summed E-state index contributed by atoms with van der Waals surface area (Å²) in [5.74, 6) is 0.557. The molecule has 0 saturated carbocycles. The van der Waals surface area contributed by atoms with Crippen LogP contribution in [0.5, 0.6) is 0 Å². The van der Waals surface area contributed by atoms with Gasteiger partial charge in [-0.3, -0.25) is 14.6 Å². The van der Waals surface area contributed by atoms with Gasteiger partial charge < -0.3 is 9.32 Å². The lowest BCUT2D eigenvalue weighted by Gasteiger charge is -2.22. The number of nitrogens with zero attached hydrogens (tertiary/aromatic N) is 4. The summed E-state index contributed by atoms with van der Waals surface area (Å²) in [5.41, 5.74) is 1.53. The maximum absolute atomic E-state index is 13.2. The maximum atomic E-state index is 13.2. The van der Waals surface area contributed by atoms with Crippen molar-refractivity contribution in [1.82, 2.24) is 19.7 Å². The number of amides is 1. The lowest BCUT2D eigenvalue weighted by Crippen LogP contribution is -2.38. The minimum Gasteiger partial charge on any atom is -0.467 e. The van der Waals surface area contributed by atoms with E-state index in [9.17, 15) is 9.59 Å². The van der Waals surface area contributed by atoms with E-state index in [1.54, 1.807) is 35.7 Å². The Bertz CT molecular complexity index is 1230. The van der Waals surface area contributed by atoms with E-state index in [4.69, 9.17) is 4.42 Å². The third-order valence-electron chi connectivity index (χ3n) is 5.41. The molecule has 7 nitrogen and oxygen atoms in total. The van der Waals surface area contributed by atoms with Gasteiger partial charge in [-0.2, -0.15) is 5.10 Å². The maximum Gasteiger partial charge on any atom is 0.275 e. The van der Waals surface area contributed by atoms with Crippen molar-refractivity contribution in [3.63, 3.8) is 0 Å². The van der Waals surface area contributed by atoms with Gasteiger partial charge in [0.25, 0.3) is 5.56 Å². The summed E-state index contributed by atoms with van der Waals surface area (Å²) in [7, 11) is 0. The van der Waals surface area contributed by atoms with Crippen LogP contribution < -0.4 is 5.56 Å². The second-order valence-electron chi connectivity index (χ2n) is 7.74. The molecular weight excluding hydrogens is 404 g/mol. The van der Waals surface area contributed by atoms with E-state index in [-0.39, 0.29) is 18.0 Å². The molecule has 3 heterocycles. The quantitative estimate of drug-likeness (QED) is 0.403. The van der Waals surface area contributed by atoms with E-state index in [2.05, 4.69) is 17.0 Å². The average Bonchev–Trinajstić information content (AvgIpc) is 3.33. The number of furan rings is 1. The molecule has 0 aliphatic heterocycles. The molecule has 0 bridgehead atoms. The van der Waals surface area contributed by atoms with E-state index in [1.807, 2.05) is 36.4 Å². The van der Waals surface area contributed by atoms with Crippen LogP contribution in [-0.4, -0.2) is 32.1 Å². The van der Waals surface area contributed by atoms with Crippen LogP contribution in [-0.2, 0) is 24.3 Å². The molecular formula is C25H26N4O3. The molecule has 0 unspecified atom stereocenters. The van der Waals surface area contributed by atoms with Gasteiger partial charge in [-0.05, 0) is 42.3 Å². The number of carbonyl (C=O) groups is 1. The normalized spacial score (nSPS) is 11.0.